The van der Waals surface area contributed by atoms with E-state index in [1.54, 1.807) is 0 Å². The number of aliphatic hydroxyl groups excluding tert-OH is 1. The van der Waals surface area contributed by atoms with E-state index in [9.17, 15) is 18.0 Å². The van der Waals surface area contributed by atoms with Gasteiger partial charge < -0.3 is 10.2 Å². The van der Waals surface area contributed by atoms with Gasteiger partial charge >= 0.3 is 12.1 Å². The highest BCUT2D eigenvalue weighted by molar-refractivity contribution is 5.73. The predicted octanol–water partition coefficient (Wildman–Crippen LogP) is 1.48. The second kappa shape index (κ2) is 5.88. The molecule has 0 bridgehead atoms. The Bertz CT molecular complexity index is 296. The van der Waals surface area contributed by atoms with E-state index < -0.39 is 30.8 Å². The zero-order valence-electron chi connectivity index (χ0n) is 10.2. The molecular weight excluding hydrogens is 251 g/mol. The number of carboxylic acids is 1. The molecule has 106 valence electrons. The largest absolute Gasteiger partial charge is 0.480 e. The summed E-state index contributed by atoms with van der Waals surface area (Å²) in [4.78, 5) is 12.3. The molecule has 0 aliphatic carbocycles. The van der Waals surface area contributed by atoms with Gasteiger partial charge in [0, 0.05) is 6.54 Å². The Morgan fingerprint density at radius 3 is 2.56 bits per heavy atom. The van der Waals surface area contributed by atoms with Crippen molar-refractivity contribution >= 4 is 5.97 Å². The van der Waals surface area contributed by atoms with E-state index in [4.69, 9.17) is 10.2 Å². The Kier molecular flexibility index (Phi) is 4.98. The van der Waals surface area contributed by atoms with Crippen LogP contribution in [0.2, 0.25) is 0 Å². The van der Waals surface area contributed by atoms with E-state index in [0.717, 1.165) is 6.42 Å². The highest BCUT2D eigenvalue weighted by Crippen LogP contribution is 2.28. The molecule has 1 aliphatic rings. The van der Waals surface area contributed by atoms with Gasteiger partial charge in [-0.2, -0.15) is 13.2 Å². The molecule has 0 aromatic heterocycles. The zero-order valence-corrected chi connectivity index (χ0v) is 10.2. The van der Waals surface area contributed by atoms with E-state index in [1.807, 2.05) is 6.92 Å². The van der Waals surface area contributed by atoms with Crippen LogP contribution in [0.1, 0.15) is 26.2 Å². The van der Waals surface area contributed by atoms with Crippen molar-refractivity contribution in [3.63, 3.8) is 0 Å². The summed E-state index contributed by atoms with van der Waals surface area (Å²) < 4.78 is 36.8. The number of carbonyl (C=O) groups is 1. The fourth-order valence-corrected chi connectivity index (χ4v) is 2.26. The van der Waals surface area contributed by atoms with Crippen LogP contribution in [0.4, 0.5) is 13.2 Å². The number of aliphatic hydroxyl groups is 1. The highest BCUT2D eigenvalue weighted by atomic mass is 19.4. The first-order valence-electron chi connectivity index (χ1n) is 5.97. The number of nitrogens with zero attached hydrogens (tertiary/aromatic N) is 1. The number of aliphatic carboxylic acids is 1. The van der Waals surface area contributed by atoms with E-state index >= 15 is 0 Å². The molecule has 0 aromatic carbocycles. The average molecular weight is 269 g/mol. The van der Waals surface area contributed by atoms with E-state index in [1.165, 1.54) is 4.90 Å². The van der Waals surface area contributed by atoms with Crippen LogP contribution in [-0.4, -0.2) is 52.5 Å². The van der Waals surface area contributed by atoms with Crippen LogP contribution in [0.3, 0.4) is 0 Å². The fraction of sp³-hybridized carbons (Fsp3) is 0.909. The van der Waals surface area contributed by atoms with Gasteiger partial charge in [-0.1, -0.05) is 13.3 Å². The van der Waals surface area contributed by atoms with E-state index in [2.05, 4.69) is 0 Å². The summed E-state index contributed by atoms with van der Waals surface area (Å²) in [5.74, 6) is -0.895. The molecule has 2 N–H and O–H groups in total. The van der Waals surface area contributed by atoms with Crippen molar-refractivity contribution in [1.82, 2.24) is 4.90 Å². The molecule has 1 rings (SSSR count). The van der Waals surface area contributed by atoms with Gasteiger partial charge in [0.15, 0.2) is 6.10 Å². The van der Waals surface area contributed by atoms with E-state index in [-0.39, 0.29) is 12.5 Å². The standard InChI is InChI=1S/C11H18F3NO3/c1-2-7-3-4-15(8(5-7)10(17)18)6-9(16)11(12,13)14/h7-9,16H,2-6H2,1H3,(H,17,18). The highest BCUT2D eigenvalue weighted by Gasteiger charge is 2.42. The van der Waals surface area contributed by atoms with Gasteiger partial charge in [0.1, 0.15) is 6.04 Å². The van der Waals surface area contributed by atoms with Crippen LogP contribution in [0.25, 0.3) is 0 Å². The number of piperidine rings is 1. The molecule has 1 heterocycles. The van der Waals surface area contributed by atoms with Gasteiger partial charge in [0.25, 0.3) is 0 Å². The molecule has 1 aliphatic heterocycles. The lowest BCUT2D eigenvalue weighted by atomic mass is 9.88. The third kappa shape index (κ3) is 3.84. The lowest BCUT2D eigenvalue weighted by molar-refractivity contribution is -0.211. The number of likely N-dealkylation sites (tertiary alicyclic amines) is 1. The summed E-state index contributed by atoms with van der Waals surface area (Å²) in [6, 6.07) is -0.930. The van der Waals surface area contributed by atoms with Crippen molar-refractivity contribution in [3.05, 3.63) is 0 Å². The Morgan fingerprint density at radius 1 is 1.50 bits per heavy atom. The molecule has 0 saturated carbocycles. The molecule has 3 unspecified atom stereocenters. The summed E-state index contributed by atoms with van der Waals surface area (Å²) in [6.45, 7) is 1.54. The molecular formula is C11H18F3NO3. The zero-order chi connectivity index (χ0) is 13.9. The smallest absolute Gasteiger partial charge is 0.415 e. The van der Waals surface area contributed by atoms with Gasteiger partial charge in [-0.25, -0.2) is 0 Å². The molecule has 1 saturated heterocycles. The second-order valence-electron chi connectivity index (χ2n) is 4.71. The van der Waals surface area contributed by atoms with Crippen molar-refractivity contribution in [2.45, 2.75) is 44.5 Å². The maximum absolute atomic E-state index is 12.3. The van der Waals surface area contributed by atoms with Crippen LogP contribution < -0.4 is 0 Å². The topological polar surface area (TPSA) is 60.8 Å². The predicted molar refractivity (Wildman–Crippen MR) is 58.1 cm³/mol. The van der Waals surface area contributed by atoms with Crippen molar-refractivity contribution in [2.24, 2.45) is 5.92 Å². The average Bonchev–Trinajstić information content (AvgIpc) is 2.27. The number of alkyl halides is 3. The van der Waals surface area contributed by atoms with Crippen molar-refractivity contribution < 1.29 is 28.2 Å². The molecule has 0 aromatic rings. The third-order valence-corrected chi connectivity index (χ3v) is 3.47. The van der Waals surface area contributed by atoms with Crippen molar-refractivity contribution in [2.75, 3.05) is 13.1 Å². The number of carboxylic acid groups (broad SMARTS) is 1. The lowest BCUT2D eigenvalue weighted by Crippen LogP contribution is -2.52. The maximum Gasteiger partial charge on any atom is 0.415 e. The second-order valence-corrected chi connectivity index (χ2v) is 4.71. The Hall–Kier alpha value is -0.820. The number of halogens is 3. The number of β-amino-alcohol motifs (C(OH)–C–C–N with tert-alkyl or cyclic N) is 1. The van der Waals surface area contributed by atoms with Crippen LogP contribution in [0, 0.1) is 5.92 Å². The molecule has 0 spiro atoms. The van der Waals surface area contributed by atoms with Crippen LogP contribution >= 0.6 is 0 Å². The minimum atomic E-state index is -4.70. The number of rotatable bonds is 4. The van der Waals surface area contributed by atoms with Crippen LogP contribution in [0.5, 0.6) is 0 Å². The van der Waals surface area contributed by atoms with Crippen LogP contribution in [0.15, 0.2) is 0 Å². The molecule has 0 radical (unpaired) electrons. The molecule has 0 amide bonds. The van der Waals surface area contributed by atoms with E-state index in [0.29, 0.717) is 12.8 Å². The minimum absolute atomic E-state index is 0.227. The molecule has 18 heavy (non-hydrogen) atoms. The lowest BCUT2D eigenvalue weighted by Gasteiger charge is -2.38. The Balaban J connectivity index is 2.66. The summed E-state index contributed by atoms with van der Waals surface area (Å²) in [7, 11) is 0. The first kappa shape index (κ1) is 15.2. The van der Waals surface area contributed by atoms with Gasteiger partial charge in [0.2, 0.25) is 0 Å². The molecule has 1 fully saturated rings. The summed E-state index contributed by atoms with van der Waals surface area (Å²) in [5, 5.41) is 18.0. The summed E-state index contributed by atoms with van der Waals surface area (Å²) in [5.41, 5.74) is 0. The Morgan fingerprint density at radius 2 is 2.11 bits per heavy atom. The number of hydrogen-bond acceptors (Lipinski definition) is 3. The monoisotopic (exact) mass is 269 g/mol. The minimum Gasteiger partial charge on any atom is -0.480 e. The number of hydrogen-bond donors (Lipinski definition) is 2. The van der Waals surface area contributed by atoms with Gasteiger partial charge in [0.05, 0.1) is 0 Å². The molecule has 3 atom stereocenters. The van der Waals surface area contributed by atoms with Crippen molar-refractivity contribution in [1.29, 1.82) is 0 Å². The maximum atomic E-state index is 12.3. The molecule has 7 heteroatoms. The quantitative estimate of drug-likeness (QED) is 0.811. The summed E-state index contributed by atoms with van der Waals surface area (Å²) in [6.07, 6.45) is -5.36. The van der Waals surface area contributed by atoms with Gasteiger partial charge in [-0.05, 0) is 25.3 Å². The SMILES string of the molecule is CCC1CCN(CC(O)C(F)(F)F)C(C(=O)O)C1. The molecule has 4 nitrogen and oxygen atoms in total. The fourth-order valence-electron chi connectivity index (χ4n) is 2.26. The van der Waals surface area contributed by atoms with Gasteiger partial charge in [-0.15, -0.1) is 0 Å². The third-order valence-electron chi connectivity index (χ3n) is 3.47. The Labute approximate surface area is 103 Å². The first-order chi connectivity index (χ1) is 8.25. The van der Waals surface area contributed by atoms with Crippen LogP contribution in [-0.2, 0) is 4.79 Å². The van der Waals surface area contributed by atoms with Crippen molar-refractivity contribution in [3.8, 4) is 0 Å². The summed E-state index contributed by atoms with van der Waals surface area (Å²) >= 11 is 0. The first-order valence-corrected chi connectivity index (χ1v) is 5.97. The van der Waals surface area contributed by atoms with Gasteiger partial charge in [-0.3, -0.25) is 9.69 Å². The normalized spacial score (nSPS) is 28.1.